The molecule has 20 heavy (non-hydrogen) atoms. The molecule has 1 aromatic rings. The summed E-state index contributed by atoms with van der Waals surface area (Å²) >= 11 is 5.12. The van der Waals surface area contributed by atoms with Crippen LogP contribution in [0.4, 0.5) is 5.82 Å². The van der Waals surface area contributed by atoms with Crippen molar-refractivity contribution < 1.29 is 9.53 Å². The summed E-state index contributed by atoms with van der Waals surface area (Å²) in [5, 5.41) is 0. The van der Waals surface area contributed by atoms with Gasteiger partial charge in [-0.2, -0.15) is 0 Å². The third kappa shape index (κ3) is 2.75. The van der Waals surface area contributed by atoms with Gasteiger partial charge in [-0.25, -0.2) is 9.78 Å². The van der Waals surface area contributed by atoms with Gasteiger partial charge in [-0.15, -0.1) is 0 Å². The molecule has 0 aliphatic carbocycles. The second-order valence-electron chi connectivity index (χ2n) is 4.79. The summed E-state index contributed by atoms with van der Waals surface area (Å²) < 4.78 is 5.14. The number of nitrogens with two attached hydrogens (primary N) is 1. The molecule has 2 heterocycles. The Bertz CT molecular complexity index is 533. The summed E-state index contributed by atoms with van der Waals surface area (Å²) in [5.41, 5.74) is 7.53. The highest BCUT2D eigenvalue weighted by atomic mass is 32.1. The number of esters is 1. The van der Waals surface area contributed by atoms with Crippen LogP contribution in [0.15, 0.2) is 12.3 Å². The number of hydrogen-bond acceptors (Lipinski definition) is 5. The number of aryl methyl sites for hydroxylation is 1. The van der Waals surface area contributed by atoms with E-state index in [-0.39, 0.29) is 12.0 Å². The first kappa shape index (κ1) is 14.7. The van der Waals surface area contributed by atoms with E-state index in [2.05, 4.69) is 4.98 Å². The van der Waals surface area contributed by atoms with E-state index in [0.29, 0.717) is 17.4 Å². The first-order valence-electron chi connectivity index (χ1n) is 6.75. The number of rotatable bonds is 4. The Morgan fingerprint density at radius 1 is 1.65 bits per heavy atom. The molecule has 1 aromatic heterocycles. The number of thiocarbonyl (C=S) groups is 1. The highest BCUT2D eigenvalue weighted by molar-refractivity contribution is 7.80. The Balaban J connectivity index is 2.38. The minimum atomic E-state index is -0.294. The number of aromatic nitrogens is 1. The molecular weight excluding hydrogens is 274 g/mol. The Hall–Kier alpha value is -1.69. The van der Waals surface area contributed by atoms with Crippen LogP contribution < -0.4 is 10.6 Å². The van der Waals surface area contributed by atoms with Gasteiger partial charge in [0.15, 0.2) is 0 Å². The van der Waals surface area contributed by atoms with Gasteiger partial charge < -0.3 is 15.4 Å². The molecule has 1 fully saturated rings. The fourth-order valence-corrected chi connectivity index (χ4v) is 2.82. The molecule has 0 saturated carbocycles. The Labute approximate surface area is 124 Å². The lowest BCUT2D eigenvalue weighted by atomic mass is 10.1. The van der Waals surface area contributed by atoms with Crippen molar-refractivity contribution in [2.45, 2.75) is 32.7 Å². The largest absolute Gasteiger partial charge is 0.464 e. The third-order valence-corrected chi connectivity index (χ3v) is 3.67. The normalized spacial score (nSPS) is 18.1. The average Bonchev–Trinajstić information content (AvgIpc) is 2.87. The SMILES string of the molecule is CCOC(=O)C1CCCN1c1nccc(C)c1C(N)=S. The van der Waals surface area contributed by atoms with Crippen LogP contribution in [0.2, 0.25) is 0 Å². The Morgan fingerprint density at radius 2 is 2.40 bits per heavy atom. The van der Waals surface area contributed by atoms with Gasteiger partial charge in [0.05, 0.1) is 12.2 Å². The average molecular weight is 293 g/mol. The molecular formula is C14H19N3O2S. The van der Waals surface area contributed by atoms with Crippen LogP contribution in [-0.4, -0.2) is 35.1 Å². The maximum absolute atomic E-state index is 12.0. The van der Waals surface area contributed by atoms with E-state index in [4.69, 9.17) is 22.7 Å². The smallest absolute Gasteiger partial charge is 0.328 e. The van der Waals surface area contributed by atoms with Crippen molar-refractivity contribution in [1.29, 1.82) is 0 Å². The maximum atomic E-state index is 12.0. The number of nitrogens with zero attached hydrogens (tertiary/aromatic N) is 2. The highest BCUT2D eigenvalue weighted by Crippen LogP contribution is 2.29. The highest BCUT2D eigenvalue weighted by Gasteiger charge is 2.34. The van der Waals surface area contributed by atoms with E-state index < -0.39 is 0 Å². The van der Waals surface area contributed by atoms with E-state index in [0.717, 1.165) is 30.5 Å². The molecule has 0 spiro atoms. The number of pyridine rings is 1. The third-order valence-electron chi connectivity index (χ3n) is 3.47. The summed E-state index contributed by atoms with van der Waals surface area (Å²) in [5.74, 6) is 0.482. The summed E-state index contributed by atoms with van der Waals surface area (Å²) in [7, 11) is 0. The molecule has 1 aliphatic rings. The Morgan fingerprint density at radius 3 is 3.05 bits per heavy atom. The lowest BCUT2D eigenvalue weighted by Gasteiger charge is -2.26. The van der Waals surface area contributed by atoms with E-state index in [1.165, 1.54) is 0 Å². The van der Waals surface area contributed by atoms with Crippen molar-refractivity contribution >= 4 is 29.0 Å². The number of carbonyl (C=O) groups excluding carboxylic acids is 1. The molecule has 0 radical (unpaired) electrons. The summed E-state index contributed by atoms with van der Waals surface area (Å²) in [6, 6.07) is 1.57. The van der Waals surface area contributed by atoms with E-state index in [1.54, 1.807) is 6.20 Å². The zero-order valence-electron chi connectivity index (χ0n) is 11.8. The quantitative estimate of drug-likeness (QED) is 0.671. The van der Waals surface area contributed by atoms with E-state index in [1.807, 2.05) is 24.8 Å². The van der Waals surface area contributed by atoms with Gasteiger partial charge in [0.2, 0.25) is 0 Å². The molecule has 0 amide bonds. The molecule has 108 valence electrons. The maximum Gasteiger partial charge on any atom is 0.328 e. The Kier molecular flexibility index (Phi) is 4.54. The summed E-state index contributed by atoms with van der Waals surface area (Å²) in [4.78, 5) is 18.7. The van der Waals surface area contributed by atoms with Crippen molar-refractivity contribution in [3.05, 3.63) is 23.4 Å². The van der Waals surface area contributed by atoms with Gasteiger partial charge in [0, 0.05) is 12.7 Å². The van der Waals surface area contributed by atoms with Gasteiger partial charge in [-0.05, 0) is 38.3 Å². The predicted molar refractivity (Wildman–Crippen MR) is 81.9 cm³/mol. The molecule has 1 atom stereocenters. The van der Waals surface area contributed by atoms with Gasteiger partial charge in [0.25, 0.3) is 0 Å². The van der Waals surface area contributed by atoms with Gasteiger partial charge in [0.1, 0.15) is 16.8 Å². The minimum Gasteiger partial charge on any atom is -0.464 e. The van der Waals surface area contributed by atoms with Crippen LogP contribution in [0.5, 0.6) is 0 Å². The van der Waals surface area contributed by atoms with Crippen LogP contribution in [0, 0.1) is 6.92 Å². The van der Waals surface area contributed by atoms with Crippen LogP contribution in [0.25, 0.3) is 0 Å². The molecule has 0 bridgehead atoms. The number of ether oxygens (including phenoxy) is 1. The zero-order valence-corrected chi connectivity index (χ0v) is 12.6. The van der Waals surface area contributed by atoms with Crippen LogP contribution in [0.3, 0.4) is 0 Å². The van der Waals surface area contributed by atoms with Crippen LogP contribution >= 0.6 is 12.2 Å². The fraction of sp³-hybridized carbons (Fsp3) is 0.500. The van der Waals surface area contributed by atoms with Crippen LogP contribution in [0.1, 0.15) is 30.9 Å². The lowest BCUT2D eigenvalue weighted by molar-refractivity contribution is -0.144. The van der Waals surface area contributed by atoms with Gasteiger partial charge in [-0.3, -0.25) is 0 Å². The molecule has 5 nitrogen and oxygen atoms in total. The van der Waals surface area contributed by atoms with Gasteiger partial charge >= 0.3 is 5.97 Å². The number of anilines is 1. The summed E-state index contributed by atoms with van der Waals surface area (Å²) in [6.45, 7) is 4.89. The van der Waals surface area contributed by atoms with Crippen molar-refractivity contribution in [1.82, 2.24) is 4.98 Å². The van der Waals surface area contributed by atoms with Crippen molar-refractivity contribution in [2.24, 2.45) is 5.73 Å². The monoisotopic (exact) mass is 293 g/mol. The van der Waals surface area contributed by atoms with Crippen LogP contribution in [-0.2, 0) is 9.53 Å². The molecule has 1 unspecified atom stereocenters. The van der Waals surface area contributed by atoms with E-state index in [9.17, 15) is 4.79 Å². The van der Waals surface area contributed by atoms with Crippen molar-refractivity contribution in [3.63, 3.8) is 0 Å². The molecule has 2 rings (SSSR count). The number of hydrogen-bond donors (Lipinski definition) is 1. The van der Waals surface area contributed by atoms with Crippen molar-refractivity contribution in [2.75, 3.05) is 18.1 Å². The zero-order chi connectivity index (χ0) is 14.7. The predicted octanol–water partition coefficient (Wildman–Crippen LogP) is 1.56. The molecule has 1 saturated heterocycles. The molecule has 0 aromatic carbocycles. The first-order valence-corrected chi connectivity index (χ1v) is 7.15. The second kappa shape index (κ2) is 6.17. The standard InChI is InChI=1S/C14H19N3O2S/c1-3-19-14(18)10-5-4-8-17(10)13-11(12(15)20)9(2)6-7-16-13/h6-7,10H,3-5,8H2,1-2H3,(H2,15,20). The lowest BCUT2D eigenvalue weighted by Crippen LogP contribution is -2.39. The summed E-state index contributed by atoms with van der Waals surface area (Å²) in [6.07, 6.45) is 3.41. The van der Waals surface area contributed by atoms with Gasteiger partial charge in [-0.1, -0.05) is 12.2 Å². The first-order chi connectivity index (χ1) is 9.56. The molecule has 1 aliphatic heterocycles. The minimum absolute atomic E-state index is 0.206. The topological polar surface area (TPSA) is 68.5 Å². The molecule has 2 N–H and O–H groups in total. The number of carbonyl (C=O) groups is 1. The van der Waals surface area contributed by atoms with E-state index >= 15 is 0 Å². The fourth-order valence-electron chi connectivity index (χ4n) is 2.57. The van der Waals surface area contributed by atoms with Crippen molar-refractivity contribution in [3.8, 4) is 0 Å². The molecule has 6 heteroatoms. The second-order valence-corrected chi connectivity index (χ2v) is 5.23.